The minimum atomic E-state index is -0.771. The topological polar surface area (TPSA) is 55.1 Å². The van der Waals surface area contributed by atoms with Crippen LogP contribution in [0, 0.1) is 5.82 Å². The van der Waals surface area contributed by atoms with Crippen molar-refractivity contribution >= 4 is 38.9 Å². The number of hydrogen-bond donors (Lipinski definition) is 2. The van der Waals surface area contributed by atoms with E-state index >= 15 is 0 Å². The Hall–Kier alpha value is -1.40. The lowest BCUT2D eigenvalue weighted by molar-refractivity contribution is 0.0996. The van der Waals surface area contributed by atoms with E-state index in [9.17, 15) is 9.18 Å². The average Bonchev–Trinajstić information content (AvgIpc) is 2.78. The fourth-order valence-corrected chi connectivity index (χ4v) is 3.11. The van der Waals surface area contributed by atoms with Crippen molar-refractivity contribution in [3.05, 3.63) is 50.4 Å². The first-order chi connectivity index (χ1) is 8.97. The van der Waals surface area contributed by atoms with Crippen LogP contribution in [0.4, 0.5) is 10.1 Å². The van der Waals surface area contributed by atoms with Crippen molar-refractivity contribution in [2.45, 2.75) is 13.0 Å². The van der Waals surface area contributed by atoms with Crippen molar-refractivity contribution in [1.29, 1.82) is 0 Å². The predicted molar refractivity (Wildman–Crippen MR) is 79.0 cm³/mol. The van der Waals surface area contributed by atoms with Crippen molar-refractivity contribution < 1.29 is 9.18 Å². The Balaban J connectivity index is 2.19. The van der Waals surface area contributed by atoms with Gasteiger partial charge in [-0.3, -0.25) is 4.79 Å². The summed E-state index contributed by atoms with van der Waals surface area (Å²) < 4.78 is 14.4. The molecule has 3 N–H and O–H groups in total. The van der Waals surface area contributed by atoms with E-state index in [-0.39, 0.29) is 11.6 Å². The molecule has 0 aliphatic rings. The summed E-state index contributed by atoms with van der Waals surface area (Å²) in [6.45, 7) is 1.99. The number of benzene rings is 1. The van der Waals surface area contributed by atoms with E-state index in [1.807, 2.05) is 19.1 Å². The second kappa shape index (κ2) is 5.71. The Morgan fingerprint density at radius 2 is 2.16 bits per heavy atom. The van der Waals surface area contributed by atoms with Crippen molar-refractivity contribution in [1.82, 2.24) is 0 Å². The molecule has 2 aromatic rings. The van der Waals surface area contributed by atoms with Crippen molar-refractivity contribution in [3.8, 4) is 0 Å². The first-order valence-electron chi connectivity index (χ1n) is 5.58. The number of thiophene rings is 1. The molecule has 6 heteroatoms. The molecule has 19 heavy (non-hydrogen) atoms. The second-order valence-corrected chi connectivity index (χ2v) is 6.56. The minimum Gasteiger partial charge on any atom is -0.378 e. The lowest BCUT2D eigenvalue weighted by Crippen LogP contribution is -2.14. The monoisotopic (exact) mass is 342 g/mol. The maximum absolute atomic E-state index is 13.4. The van der Waals surface area contributed by atoms with Gasteiger partial charge in [0.2, 0.25) is 0 Å². The number of carbonyl (C=O) groups excluding carboxylic acids is 1. The highest BCUT2D eigenvalue weighted by Crippen LogP contribution is 2.29. The van der Waals surface area contributed by atoms with Crippen molar-refractivity contribution in [2.24, 2.45) is 5.73 Å². The molecule has 100 valence electrons. The second-order valence-electron chi connectivity index (χ2n) is 4.07. The van der Waals surface area contributed by atoms with Gasteiger partial charge in [-0.15, -0.1) is 11.3 Å². The molecule has 1 amide bonds. The molecule has 0 saturated carbocycles. The Kier molecular flexibility index (Phi) is 4.21. The molecule has 2 rings (SSSR count). The highest BCUT2D eigenvalue weighted by atomic mass is 79.9. The van der Waals surface area contributed by atoms with Gasteiger partial charge in [-0.25, -0.2) is 4.39 Å². The van der Waals surface area contributed by atoms with Gasteiger partial charge in [-0.05, 0) is 53.2 Å². The molecule has 0 fully saturated rings. The maximum atomic E-state index is 13.4. The van der Waals surface area contributed by atoms with E-state index in [1.165, 1.54) is 12.1 Å². The van der Waals surface area contributed by atoms with Gasteiger partial charge in [0.15, 0.2) is 0 Å². The molecule has 0 aliphatic carbocycles. The standard InChI is InChI=1S/C13H12BrFN2OS/c1-7(11-4-5-12(14)19-11)17-8-2-3-10(15)9(6-8)13(16)18/h2-7,17H,1H3,(H2,16,18). The number of carbonyl (C=O) groups is 1. The highest BCUT2D eigenvalue weighted by Gasteiger charge is 2.12. The van der Waals surface area contributed by atoms with Crippen LogP contribution in [0.15, 0.2) is 34.1 Å². The molecule has 0 aliphatic heterocycles. The summed E-state index contributed by atoms with van der Waals surface area (Å²) in [4.78, 5) is 12.2. The number of amides is 1. The number of nitrogens with two attached hydrogens (primary N) is 1. The van der Waals surface area contributed by atoms with Gasteiger partial charge in [0.05, 0.1) is 15.4 Å². The molecular formula is C13H12BrFN2OS. The van der Waals surface area contributed by atoms with Crippen LogP contribution in [0.2, 0.25) is 0 Å². The van der Waals surface area contributed by atoms with Crippen LogP contribution in [-0.2, 0) is 0 Å². The Labute approximate surface area is 122 Å². The van der Waals surface area contributed by atoms with E-state index in [2.05, 4.69) is 21.2 Å². The third kappa shape index (κ3) is 3.33. The molecule has 1 aromatic heterocycles. The lowest BCUT2D eigenvalue weighted by atomic mass is 10.1. The summed E-state index contributed by atoms with van der Waals surface area (Å²) >= 11 is 5.02. The molecule has 0 bridgehead atoms. The summed E-state index contributed by atoms with van der Waals surface area (Å²) in [5.41, 5.74) is 5.67. The zero-order chi connectivity index (χ0) is 14.0. The summed E-state index contributed by atoms with van der Waals surface area (Å²) in [5.74, 6) is -1.38. The number of primary amides is 1. The van der Waals surface area contributed by atoms with E-state index in [4.69, 9.17) is 5.73 Å². The molecule has 0 radical (unpaired) electrons. The Bertz CT molecular complexity index is 614. The Morgan fingerprint density at radius 3 is 2.74 bits per heavy atom. The number of nitrogens with one attached hydrogen (secondary N) is 1. The van der Waals surface area contributed by atoms with Gasteiger partial charge < -0.3 is 11.1 Å². The average molecular weight is 343 g/mol. The van der Waals surface area contributed by atoms with Crippen molar-refractivity contribution in [3.63, 3.8) is 0 Å². The van der Waals surface area contributed by atoms with Crippen LogP contribution in [0.25, 0.3) is 0 Å². The van der Waals surface area contributed by atoms with Crippen LogP contribution in [0.5, 0.6) is 0 Å². The van der Waals surface area contributed by atoms with Gasteiger partial charge in [-0.1, -0.05) is 0 Å². The smallest absolute Gasteiger partial charge is 0.251 e. The number of anilines is 1. The quantitative estimate of drug-likeness (QED) is 0.884. The normalized spacial score (nSPS) is 12.2. The first-order valence-corrected chi connectivity index (χ1v) is 7.19. The molecule has 3 nitrogen and oxygen atoms in total. The molecule has 0 spiro atoms. The van der Waals surface area contributed by atoms with Crippen LogP contribution in [-0.4, -0.2) is 5.91 Å². The predicted octanol–water partition coefficient (Wildman–Crippen LogP) is 3.92. The minimum absolute atomic E-state index is 0.0579. The number of halogens is 2. The zero-order valence-corrected chi connectivity index (χ0v) is 12.5. The largest absolute Gasteiger partial charge is 0.378 e. The molecular weight excluding hydrogens is 331 g/mol. The molecule has 1 atom stereocenters. The fourth-order valence-electron chi connectivity index (χ4n) is 1.69. The summed E-state index contributed by atoms with van der Waals surface area (Å²) in [7, 11) is 0. The van der Waals surface area contributed by atoms with Crippen molar-refractivity contribution in [2.75, 3.05) is 5.32 Å². The van der Waals surface area contributed by atoms with Crippen LogP contribution < -0.4 is 11.1 Å². The molecule has 0 saturated heterocycles. The highest BCUT2D eigenvalue weighted by molar-refractivity contribution is 9.11. The third-order valence-corrected chi connectivity index (χ3v) is 4.44. The van der Waals surface area contributed by atoms with E-state index < -0.39 is 11.7 Å². The van der Waals surface area contributed by atoms with Crippen LogP contribution in [0.1, 0.15) is 28.2 Å². The first kappa shape index (κ1) is 14.0. The van der Waals surface area contributed by atoms with E-state index in [1.54, 1.807) is 17.4 Å². The van der Waals surface area contributed by atoms with Crippen LogP contribution in [0.3, 0.4) is 0 Å². The lowest BCUT2D eigenvalue weighted by Gasteiger charge is -2.14. The Morgan fingerprint density at radius 1 is 1.42 bits per heavy atom. The maximum Gasteiger partial charge on any atom is 0.251 e. The zero-order valence-electron chi connectivity index (χ0n) is 10.1. The van der Waals surface area contributed by atoms with E-state index in [0.717, 1.165) is 8.66 Å². The summed E-state index contributed by atoms with van der Waals surface area (Å²) in [6, 6.07) is 8.28. The van der Waals surface area contributed by atoms with Gasteiger partial charge in [0, 0.05) is 10.6 Å². The number of rotatable bonds is 4. The van der Waals surface area contributed by atoms with Crippen LogP contribution >= 0.6 is 27.3 Å². The summed E-state index contributed by atoms with van der Waals surface area (Å²) in [6.07, 6.45) is 0. The number of hydrogen-bond acceptors (Lipinski definition) is 3. The molecule has 1 unspecified atom stereocenters. The van der Waals surface area contributed by atoms with E-state index in [0.29, 0.717) is 5.69 Å². The van der Waals surface area contributed by atoms with Gasteiger partial charge in [0.1, 0.15) is 5.82 Å². The molecule has 1 aromatic carbocycles. The van der Waals surface area contributed by atoms with Gasteiger partial charge in [-0.2, -0.15) is 0 Å². The summed E-state index contributed by atoms with van der Waals surface area (Å²) in [5, 5.41) is 3.21. The fraction of sp³-hybridized carbons (Fsp3) is 0.154. The van der Waals surface area contributed by atoms with Gasteiger partial charge in [0.25, 0.3) is 5.91 Å². The SMILES string of the molecule is CC(Nc1ccc(F)c(C(N)=O)c1)c1ccc(Br)s1. The van der Waals surface area contributed by atoms with Gasteiger partial charge >= 0.3 is 0 Å². The third-order valence-electron chi connectivity index (χ3n) is 2.64. The molecule has 1 heterocycles.